The van der Waals surface area contributed by atoms with Crippen LogP contribution in [0.25, 0.3) is 0 Å². The van der Waals surface area contributed by atoms with Crippen LogP contribution in [0.2, 0.25) is 0 Å². The molecule has 0 saturated heterocycles. The number of aryl methyl sites for hydroxylation is 1. The van der Waals surface area contributed by atoms with Gasteiger partial charge in [-0.05, 0) is 38.0 Å². The topological polar surface area (TPSA) is 55.4 Å². The Morgan fingerprint density at radius 2 is 2.20 bits per heavy atom. The van der Waals surface area contributed by atoms with Gasteiger partial charge in [-0.25, -0.2) is 4.79 Å². The van der Waals surface area contributed by atoms with Gasteiger partial charge in [0, 0.05) is 17.1 Å². The van der Waals surface area contributed by atoms with Crippen LogP contribution >= 0.6 is 23.1 Å². The molecule has 20 heavy (non-hydrogen) atoms. The molecule has 1 aliphatic rings. The highest BCUT2D eigenvalue weighted by Gasteiger charge is 2.28. The lowest BCUT2D eigenvalue weighted by atomic mass is 10.1. The van der Waals surface area contributed by atoms with E-state index in [9.17, 15) is 9.59 Å². The van der Waals surface area contributed by atoms with E-state index < -0.39 is 0 Å². The van der Waals surface area contributed by atoms with Gasteiger partial charge in [-0.3, -0.25) is 4.79 Å². The smallest absolute Gasteiger partial charge is 0.341 e. The summed E-state index contributed by atoms with van der Waals surface area (Å²) in [6.07, 6.45) is 5.41. The summed E-state index contributed by atoms with van der Waals surface area (Å²) in [6.45, 7) is 2.14. The van der Waals surface area contributed by atoms with Crippen molar-refractivity contribution in [1.29, 1.82) is 0 Å². The highest BCUT2D eigenvalue weighted by molar-refractivity contribution is 7.98. The summed E-state index contributed by atoms with van der Waals surface area (Å²) >= 11 is 3.16. The van der Waals surface area contributed by atoms with E-state index >= 15 is 0 Å². The molecule has 0 radical (unpaired) electrons. The molecule has 1 amide bonds. The van der Waals surface area contributed by atoms with Crippen LogP contribution in [-0.4, -0.2) is 30.5 Å². The van der Waals surface area contributed by atoms with Crippen LogP contribution in [0.5, 0.6) is 0 Å². The van der Waals surface area contributed by atoms with Crippen LogP contribution in [0.4, 0.5) is 5.00 Å². The number of anilines is 1. The number of esters is 1. The van der Waals surface area contributed by atoms with E-state index in [0.29, 0.717) is 23.6 Å². The maximum Gasteiger partial charge on any atom is 0.341 e. The van der Waals surface area contributed by atoms with Crippen LogP contribution in [0, 0.1) is 0 Å². The standard InChI is InChI=1S/C14H19NO3S2/c1-3-18-14(17)12-9-5-4-6-10(9)20-13(12)15-11(16)7-8-19-2/h3-8H2,1-2H3,(H,15,16). The average Bonchev–Trinajstić information content (AvgIpc) is 2.96. The van der Waals surface area contributed by atoms with Gasteiger partial charge < -0.3 is 10.1 Å². The number of fused-ring (bicyclic) bond motifs is 1. The van der Waals surface area contributed by atoms with E-state index in [2.05, 4.69) is 5.32 Å². The van der Waals surface area contributed by atoms with Crippen LogP contribution in [0.15, 0.2) is 0 Å². The van der Waals surface area contributed by atoms with E-state index in [0.717, 1.165) is 30.6 Å². The molecule has 2 rings (SSSR count). The summed E-state index contributed by atoms with van der Waals surface area (Å²) in [7, 11) is 0. The first-order valence-corrected chi connectivity index (χ1v) is 8.98. The van der Waals surface area contributed by atoms with Crippen molar-refractivity contribution in [3.63, 3.8) is 0 Å². The fourth-order valence-corrected chi connectivity index (χ4v) is 3.98. The second-order valence-corrected chi connectivity index (χ2v) is 6.66. The van der Waals surface area contributed by atoms with Crippen molar-refractivity contribution in [3.8, 4) is 0 Å². The van der Waals surface area contributed by atoms with Gasteiger partial charge in [-0.15, -0.1) is 11.3 Å². The van der Waals surface area contributed by atoms with Gasteiger partial charge in [-0.1, -0.05) is 0 Å². The lowest BCUT2D eigenvalue weighted by molar-refractivity contribution is -0.115. The molecule has 0 atom stereocenters. The first kappa shape index (κ1) is 15.4. The van der Waals surface area contributed by atoms with Gasteiger partial charge in [0.15, 0.2) is 0 Å². The Morgan fingerprint density at radius 3 is 2.90 bits per heavy atom. The van der Waals surface area contributed by atoms with Crippen LogP contribution < -0.4 is 5.32 Å². The van der Waals surface area contributed by atoms with E-state index in [1.807, 2.05) is 6.26 Å². The fraction of sp³-hybridized carbons (Fsp3) is 0.571. The third kappa shape index (κ3) is 3.35. The van der Waals surface area contributed by atoms with E-state index in [-0.39, 0.29) is 11.9 Å². The van der Waals surface area contributed by atoms with Gasteiger partial charge in [0.1, 0.15) is 5.00 Å². The third-order valence-corrected chi connectivity index (χ3v) is 5.01. The minimum atomic E-state index is -0.313. The summed E-state index contributed by atoms with van der Waals surface area (Å²) in [6, 6.07) is 0. The van der Waals surface area contributed by atoms with Crippen LogP contribution in [0.3, 0.4) is 0 Å². The summed E-state index contributed by atoms with van der Waals surface area (Å²) < 4.78 is 5.13. The Labute approximate surface area is 127 Å². The summed E-state index contributed by atoms with van der Waals surface area (Å²) in [5.74, 6) is 0.433. The molecule has 110 valence electrons. The molecule has 1 aromatic heterocycles. The molecule has 0 bridgehead atoms. The lowest BCUT2D eigenvalue weighted by Gasteiger charge is -2.07. The van der Waals surface area contributed by atoms with Crippen molar-refractivity contribution >= 4 is 40.0 Å². The molecule has 1 N–H and O–H groups in total. The molecule has 1 aliphatic carbocycles. The molecule has 0 saturated carbocycles. The highest BCUT2D eigenvalue weighted by atomic mass is 32.2. The summed E-state index contributed by atoms with van der Waals surface area (Å²) in [5.41, 5.74) is 1.66. The van der Waals surface area contributed by atoms with Crippen LogP contribution in [0.1, 0.15) is 40.6 Å². The van der Waals surface area contributed by atoms with Crippen molar-refractivity contribution in [3.05, 3.63) is 16.0 Å². The molecule has 0 aromatic carbocycles. The monoisotopic (exact) mass is 313 g/mol. The maximum absolute atomic E-state index is 12.1. The number of amides is 1. The Balaban J connectivity index is 2.19. The number of hydrogen-bond donors (Lipinski definition) is 1. The van der Waals surface area contributed by atoms with E-state index in [4.69, 9.17) is 4.74 Å². The fourth-order valence-electron chi connectivity index (χ4n) is 2.30. The minimum Gasteiger partial charge on any atom is -0.462 e. The Morgan fingerprint density at radius 1 is 1.40 bits per heavy atom. The zero-order valence-electron chi connectivity index (χ0n) is 11.8. The molecule has 0 unspecified atom stereocenters. The number of rotatable bonds is 6. The van der Waals surface area contributed by atoms with Crippen molar-refractivity contribution in [1.82, 2.24) is 0 Å². The largest absolute Gasteiger partial charge is 0.462 e. The second-order valence-electron chi connectivity index (χ2n) is 4.57. The van der Waals surface area contributed by atoms with E-state index in [1.165, 1.54) is 16.2 Å². The lowest BCUT2D eigenvalue weighted by Crippen LogP contribution is -2.15. The first-order valence-electron chi connectivity index (χ1n) is 6.77. The third-order valence-electron chi connectivity index (χ3n) is 3.19. The number of carbonyl (C=O) groups is 2. The number of carbonyl (C=O) groups excluding carboxylic acids is 2. The van der Waals surface area contributed by atoms with Gasteiger partial charge in [-0.2, -0.15) is 11.8 Å². The van der Waals surface area contributed by atoms with Gasteiger partial charge in [0.05, 0.1) is 12.2 Å². The van der Waals surface area contributed by atoms with Gasteiger partial charge in [0.2, 0.25) is 5.91 Å². The normalized spacial score (nSPS) is 13.1. The SMILES string of the molecule is CCOC(=O)c1c(NC(=O)CCSC)sc2c1CCC2. The van der Waals surface area contributed by atoms with Crippen molar-refractivity contribution in [2.24, 2.45) is 0 Å². The zero-order valence-corrected chi connectivity index (χ0v) is 13.4. The van der Waals surface area contributed by atoms with Crippen molar-refractivity contribution < 1.29 is 14.3 Å². The molecule has 1 aromatic rings. The second kappa shape index (κ2) is 7.13. The molecular formula is C14H19NO3S2. The Hall–Kier alpha value is -1.01. The number of nitrogens with one attached hydrogen (secondary N) is 1. The molecule has 0 spiro atoms. The number of thiophene rings is 1. The molecule has 0 aliphatic heterocycles. The first-order chi connectivity index (χ1) is 9.67. The Kier molecular flexibility index (Phi) is 5.48. The van der Waals surface area contributed by atoms with Gasteiger partial charge in [0.25, 0.3) is 0 Å². The predicted molar refractivity (Wildman–Crippen MR) is 83.9 cm³/mol. The molecule has 0 fully saturated rings. The highest BCUT2D eigenvalue weighted by Crippen LogP contribution is 2.39. The number of thioether (sulfide) groups is 1. The average molecular weight is 313 g/mol. The quantitative estimate of drug-likeness (QED) is 0.820. The molecular weight excluding hydrogens is 294 g/mol. The molecule has 6 heteroatoms. The molecule has 1 heterocycles. The van der Waals surface area contributed by atoms with Gasteiger partial charge >= 0.3 is 5.97 Å². The Bertz CT molecular complexity index is 511. The zero-order chi connectivity index (χ0) is 14.5. The summed E-state index contributed by atoms with van der Waals surface area (Å²) in [5, 5.41) is 3.55. The van der Waals surface area contributed by atoms with Crippen molar-refractivity contribution in [2.75, 3.05) is 23.9 Å². The predicted octanol–water partition coefficient (Wildman–Crippen LogP) is 3.11. The minimum absolute atomic E-state index is 0.0372. The number of ether oxygens (including phenoxy) is 1. The number of hydrogen-bond acceptors (Lipinski definition) is 5. The van der Waals surface area contributed by atoms with Crippen LogP contribution in [-0.2, 0) is 22.4 Å². The summed E-state index contributed by atoms with van der Waals surface area (Å²) in [4.78, 5) is 25.2. The molecule has 4 nitrogen and oxygen atoms in total. The van der Waals surface area contributed by atoms with E-state index in [1.54, 1.807) is 18.7 Å². The van der Waals surface area contributed by atoms with Crippen molar-refractivity contribution in [2.45, 2.75) is 32.6 Å². The maximum atomic E-state index is 12.1.